The highest BCUT2D eigenvalue weighted by atomic mass is 16.6. The molecule has 2 rings (SSSR count). The van der Waals surface area contributed by atoms with Gasteiger partial charge in [0.25, 0.3) is 0 Å². The van der Waals surface area contributed by atoms with Crippen molar-refractivity contribution in [2.45, 2.75) is 52.1 Å². The van der Waals surface area contributed by atoms with Crippen LogP contribution < -0.4 is 5.32 Å². The molecule has 0 aromatic heterocycles. The van der Waals surface area contributed by atoms with Gasteiger partial charge in [0.15, 0.2) is 0 Å². The van der Waals surface area contributed by atoms with Crippen LogP contribution in [-0.2, 0) is 4.74 Å². The summed E-state index contributed by atoms with van der Waals surface area (Å²) in [5.74, 6) is 1.45. The van der Waals surface area contributed by atoms with E-state index in [1.165, 1.54) is 19.3 Å². The van der Waals surface area contributed by atoms with Crippen LogP contribution in [0.2, 0.25) is 0 Å². The fraction of sp³-hybridized carbons (Fsp3) is 0.933. The van der Waals surface area contributed by atoms with E-state index in [4.69, 9.17) is 4.74 Å². The molecule has 2 aliphatic heterocycles. The Morgan fingerprint density at radius 2 is 1.84 bits per heavy atom. The molecule has 1 atom stereocenters. The predicted molar refractivity (Wildman–Crippen MR) is 76.1 cm³/mol. The fourth-order valence-electron chi connectivity index (χ4n) is 3.20. The van der Waals surface area contributed by atoms with E-state index in [0.717, 1.165) is 38.5 Å². The topological polar surface area (TPSA) is 41.6 Å². The molecule has 2 saturated heterocycles. The molecule has 2 aliphatic rings. The molecule has 0 unspecified atom stereocenters. The standard InChI is InChI=1S/C15H28N2O2/c1-15(2,3)19-14(18)17-10-4-5-13(11-17)12-6-8-16-9-7-12/h12-13,16H,4-11H2,1-3H3/t13-/m0/s1. The van der Waals surface area contributed by atoms with Crippen LogP contribution in [0.15, 0.2) is 0 Å². The molecule has 1 N–H and O–H groups in total. The number of carbonyl (C=O) groups excluding carboxylic acids is 1. The average Bonchev–Trinajstić information content (AvgIpc) is 2.38. The quantitative estimate of drug-likeness (QED) is 0.795. The first-order valence-electron chi connectivity index (χ1n) is 7.64. The third-order valence-electron chi connectivity index (χ3n) is 4.16. The second kappa shape index (κ2) is 6.12. The van der Waals surface area contributed by atoms with Gasteiger partial charge in [-0.3, -0.25) is 0 Å². The lowest BCUT2D eigenvalue weighted by molar-refractivity contribution is 0.0117. The maximum absolute atomic E-state index is 12.1. The van der Waals surface area contributed by atoms with Crippen molar-refractivity contribution in [2.24, 2.45) is 11.8 Å². The van der Waals surface area contributed by atoms with Gasteiger partial charge in [0.1, 0.15) is 5.60 Å². The molecular weight excluding hydrogens is 240 g/mol. The van der Waals surface area contributed by atoms with Gasteiger partial charge in [0, 0.05) is 13.1 Å². The molecular formula is C15H28N2O2. The van der Waals surface area contributed by atoms with E-state index >= 15 is 0 Å². The van der Waals surface area contributed by atoms with E-state index < -0.39 is 5.60 Å². The number of amides is 1. The SMILES string of the molecule is CC(C)(C)OC(=O)N1CCC[C@H](C2CCNCC2)C1. The molecule has 0 radical (unpaired) electrons. The van der Waals surface area contributed by atoms with Gasteiger partial charge in [-0.2, -0.15) is 0 Å². The fourth-order valence-corrected chi connectivity index (χ4v) is 3.20. The van der Waals surface area contributed by atoms with Crippen LogP contribution in [0.5, 0.6) is 0 Å². The zero-order valence-corrected chi connectivity index (χ0v) is 12.6. The van der Waals surface area contributed by atoms with E-state index in [-0.39, 0.29) is 6.09 Å². The maximum Gasteiger partial charge on any atom is 0.410 e. The zero-order chi connectivity index (χ0) is 13.9. The summed E-state index contributed by atoms with van der Waals surface area (Å²) in [7, 11) is 0. The lowest BCUT2D eigenvalue weighted by Gasteiger charge is -2.39. The maximum atomic E-state index is 12.1. The molecule has 0 spiro atoms. The van der Waals surface area contributed by atoms with Crippen LogP contribution in [0, 0.1) is 11.8 Å². The first-order chi connectivity index (χ1) is 8.96. The molecule has 110 valence electrons. The number of rotatable bonds is 1. The second-order valence-electron chi connectivity index (χ2n) is 6.92. The van der Waals surface area contributed by atoms with E-state index in [0.29, 0.717) is 5.92 Å². The van der Waals surface area contributed by atoms with Crippen molar-refractivity contribution in [3.8, 4) is 0 Å². The van der Waals surface area contributed by atoms with E-state index in [1.54, 1.807) is 0 Å². The minimum atomic E-state index is -0.390. The molecule has 0 bridgehead atoms. The Morgan fingerprint density at radius 1 is 1.16 bits per heavy atom. The summed E-state index contributed by atoms with van der Waals surface area (Å²) in [5, 5.41) is 3.41. The largest absolute Gasteiger partial charge is 0.444 e. The Balaban J connectivity index is 1.87. The van der Waals surface area contributed by atoms with Crippen LogP contribution in [-0.4, -0.2) is 42.8 Å². The number of piperidine rings is 2. The van der Waals surface area contributed by atoms with Gasteiger partial charge in [0.05, 0.1) is 0 Å². The van der Waals surface area contributed by atoms with E-state index in [2.05, 4.69) is 5.32 Å². The minimum Gasteiger partial charge on any atom is -0.444 e. The lowest BCUT2D eigenvalue weighted by atomic mass is 9.80. The summed E-state index contributed by atoms with van der Waals surface area (Å²) in [6.07, 6.45) is 4.77. The van der Waals surface area contributed by atoms with Crippen LogP contribution in [0.4, 0.5) is 4.79 Å². The summed E-state index contributed by atoms with van der Waals surface area (Å²) < 4.78 is 5.49. The predicted octanol–water partition coefficient (Wildman–Crippen LogP) is 2.63. The summed E-state index contributed by atoms with van der Waals surface area (Å²) in [5.41, 5.74) is -0.390. The van der Waals surface area contributed by atoms with Gasteiger partial charge in [-0.1, -0.05) is 0 Å². The van der Waals surface area contributed by atoms with Crippen molar-refractivity contribution < 1.29 is 9.53 Å². The molecule has 2 heterocycles. The molecule has 0 saturated carbocycles. The van der Waals surface area contributed by atoms with Crippen LogP contribution in [0.3, 0.4) is 0 Å². The van der Waals surface area contributed by atoms with Crippen molar-refractivity contribution in [2.75, 3.05) is 26.2 Å². The van der Waals surface area contributed by atoms with Crippen molar-refractivity contribution in [3.63, 3.8) is 0 Å². The van der Waals surface area contributed by atoms with Gasteiger partial charge in [0.2, 0.25) is 0 Å². The third kappa shape index (κ3) is 4.37. The smallest absolute Gasteiger partial charge is 0.410 e. The first-order valence-corrected chi connectivity index (χ1v) is 7.64. The van der Waals surface area contributed by atoms with Crippen LogP contribution in [0.25, 0.3) is 0 Å². The highest BCUT2D eigenvalue weighted by molar-refractivity contribution is 5.68. The Labute approximate surface area is 116 Å². The zero-order valence-electron chi connectivity index (χ0n) is 12.6. The van der Waals surface area contributed by atoms with Crippen molar-refractivity contribution in [1.82, 2.24) is 10.2 Å². The van der Waals surface area contributed by atoms with Gasteiger partial charge in [-0.15, -0.1) is 0 Å². The highest BCUT2D eigenvalue weighted by Gasteiger charge is 2.32. The van der Waals surface area contributed by atoms with E-state index in [9.17, 15) is 4.79 Å². The molecule has 2 fully saturated rings. The molecule has 4 nitrogen and oxygen atoms in total. The number of carbonyl (C=O) groups is 1. The van der Waals surface area contributed by atoms with Crippen LogP contribution in [0.1, 0.15) is 46.5 Å². The van der Waals surface area contributed by atoms with Crippen LogP contribution >= 0.6 is 0 Å². The lowest BCUT2D eigenvalue weighted by Crippen LogP contribution is -2.45. The summed E-state index contributed by atoms with van der Waals surface area (Å²) in [6.45, 7) is 9.80. The van der Waals surface area contributed by atoms with Gasteiger partial charge >= 0.3 is 6.09 Å². The number of hydrogen-bond acceptors (Lipinski definition) is 3. The molecule has 0 aliphatic carbocycles. The Morgan fingerprint density at radius 3 is 2.47 bits per heavy atom. The Bertz CT molecular complexity index is 306. The van der Waals surface area contributed by atoms with Crippen molar-refractivity contribution in [1.29, 1.82) is 0 Å². The molecule has 0 aromatic rings. The summed E-state index contributed by atoms with van der Waals surface area (Å²) in [6, 6.07) is 0. The van der Waals surface area contributed by atoms with E-state index in [1.807, 2.05) is 25.7 Å². The third-order valence-corrected chi connectivity index (χ3v) is 4.16. The highest BCUT2D eigenvalue weighted by Crippen LogP contribution is 2.30. The number of likely N-dealkylation sites (tertiary alicyclic amines) is 1. The molecule has 1 amide bonds. The Kier molecular flexibility index (Phi) is 4.71. The number of ether oxygens (including phenoxy) is 1. The minimum absolute atomic E-state index is 0.133. The van der Waals surface area contributed by atoms with Gasteiger partial charge in [-0.05, 0) is 71.4 Å². The van der Waals surface area contributed by atoms with Gasteiger partial charge < -0.3 is 15.0 Å². The average molecular weight is 268 g/mol. The van der Waals surface area contributed by atoms with Crippen molar-refractivity contribution >= 4 is 6.09 Å². The molecule has 0 aromatic carbocycles. The molecule has 19 heavy (non-hydrogen) atoms. The first kappa shape index (κ1) is 14.6. The summed E-state index contributed by atoms with van der Waals surface area (Å²) in [4.78, 5) is 14.1. The number of nitrogens with zero attached hydrogens (tertiary/aromatic N) is 1. The second-order valence-corrected chi connectivity index (χ2v) is 6.92. The number of nitrogens with one attached hydrogen (secondary N) is 1. The monoisotopic (exact) mass is 268 g/mol. The van der Waals surface area contributed by atoms with Crippen molar-refractivity contribution in [3.05, 3.63) is 0 Å². The van der Waals surface area contributed by atoms with Gasteiger partial charge in [-0.25, -0.2) is 4.79 Å². The Hall–Kier alpha value is -0.770. The number of hydrogen-bond donors (Lipinski definition) is 1. The summed E-state index contributed by atoms with van der Waals surface area (Å²) >= 11 is 0. The molecule has 4 heteroatoms. The normalized spacial score (nSPS) is 26.3.